The monoisotopic (exact) mass is 421 g/mol. The minimum absolute atomic E-state index is 0.0296. The molecule has 154 valence electrons. The van der Waals surface area contributed by atoms with Gasteiger partial charge in [-0.25, -0.2) is 0 Å². The molecular weight excluding hydrogens is 398 g/mol. The normalized spacial score (nSPS) is 18.7. The number of ether oxygens (including phenoxy) is 2. The Balaban J connectivity index is 1.68. The smallest absolute Gasteiger partial charge is 0.229 e. The molecule has 0 bridgehead atoms. The second-order valence-corrected chi connectivity index (χ2v) is 8.19. The fourth-order valence-electron chi connectivity index (χ4n) is 4.00. The van der Waals surface area contributed by atoms with E-state index in [1.54, 1.807) is 19.1 Å². The number of allylic oxidation sites excluding steroid dienone is 1. The number of carbonyl (C=O) groups is 1. The molecule has 2 aliphatic heterocycles. The van der Waals surface area contributed by atoms with Crippen LogP contribution in [0.2, 0.25) is 0 Å². The number of aryl methyl sites for hydroxylation is 1. The van der Waals surface area contributed by atoms with E-state index in [-0.39, 0.29) is 11.8 Å². The number of amides is 1. The van der Waals surface area contributed by atoms with Gasteiger partial charge in [-0.1, -0.05) is 36.0 Å². The number of hydrogen-bond acceptors (Lipinski definition) is 6. The molecule has 0 spiro atoms. The summed E-state index contributed by atoms with van der Waals surface area (Å²) in [6.45, 7) is 2.41. The van der Waals surface area contributed by atoms with E-state index in [0.717, 1.165) is 21.8 Å². The van der Waals surface area contributed by atoms with E-state index >= 15 is 0 Å². The lowest BCUT2D eigenvalue weighted by molar-refractivity contribution is -0.129. The molecule has 0 aliphatic carbocycles. The van der Waals surface area contributed by atoms with Crippen LogP contribution in [-0.2, 0) is 4.79 Å². The first kappa shape index (κ1) is 20.2. The summed E-state index contributed by atoms with van der Waals surface area (Å²) in [5.41, 5.74) is 3.71. The molecule has 7 heteroatoms. The van der Waals surface area contributed by atoms with Crippen LogP contribution in [0.5, 0.6) is 11.5 Å². The summed E-state index contributed by atoms with van der Waals surface area (Å²) >= 11 is 1.52. The third kappa shape index (κ3) is 3.48. The first-order valence-electron chi connectivity index (χ1n) is 9.67. The van der Waals surface area contributed by atoms with E-state index in [9.17, 15) is 10.1 Å². The van der Waals surface area contributed by atoms with Gasteiger partial charge in [-0.15, -0.1) is 0 Å². The average molecular weight is 422 g/mol. The summed E-state index contributed by atoms with van der Waals surface area (Å²) in [5.74, 6) is 1.85. The van der Waals surface area contributed by atoms with Crippen LogP contribution in [-0.4, -0.2) is 37.6 Å². The van der Waals surface area contributed by atoms with Crippen LogP contribution < -0.4 is 14.4 Å². The van der Waals surface area contributed by atoms with Crippen molar-refractivity contribution in [1.82, 2.24) is 4.90 Å². The minimum atomic E-state index is -0.190. The van der Waals surface area contributed by atoms with Crippen molar-refractivity contribution in [1.29, 1.82) is 5.26 Å². The topological polar surface area (TPSA) is 65.8 Å². The van der Waals surface area contributed by atoms with Crippen LogP contribution in [0.1, 0.15) is 23.5 Å². The van der Waals surface area contributed by atoms with E-state index in [4.69, 9.17) is 9.47 Å². The van der Waals surface area contributed by atoms with Crippen LogP contribution in [0.4, 0.5) is 5.69 Å². The third-order valence-corrected chi connectivity index (χ3v) is 6.74. The Kier molecular flexibility index (Phi) is 5.60. The molecule has 1 amide bonds. The Morgan fingerprint density at radius 3 is 2.67 bits per heavy atom. The lowest BCUT2D eigenvalue weighted by Crippen LogP contribution is -2.47. The van der Waals surface area contributed by atoms with Gasteiger partial charge in [0, 0.05) is 18.4 Å². The van der Waals surface area contributed by atoms with Gasteiger partial charge >= 0.3 is 0 Å². The van der Waals surface area contributed by atoms with Crippen molar-refractivity contribution in [3.63, 3.8) is 0 Å². The van der Waals surface area contributed by atoms with Gasteiger partial charge in [-0.2, -0.15) is 5.26 Å². The van der Waals surface area contributed by atoms with Gasteiger partial charge in [0.1, 0.15) is 11.5 Å². The van der Waals surface area contributed by atoms with Crippen LogP contribution >= 0.6 is 11.8 Å². The zero-order valence-electron chi connectivity index (χ0n) is 17.2. The van der Waals surface area contributed by atoms with E-state index in [0.29, 0.717) is 36.0 Å². The number of methoxy groups -OCH3 is 2. The number of anilines is 1. The maximum absolute atomic E-state index is 13.1. The van der Waals surface area contributed by atoms with Crippen molar-refractivity contribution in [3.05, 3.63) is 64.2 Å². The number of benzene rings is 2. The van der Waals surface area contributed by atoms with Gasteiger partial charge < -0.3 is 14.4 Å². The average Bonchev–Trinajstić information content (AvgIpc) is 2.78. The molecular formula is C23H23N3O3S. The van der Waals surface area contributed by atoms with Gasteiger partial charge in [0.25, 0.3) is 0 Å². The van der Waals surface area contributed by atoms with Crippen molar-refractivity contribution in [2.24, 2.45) is 0 Å². The maximum atomic E-state index is 13.1. The maximum Gasteiger partial charge on any atom is 0.229 e. The Morgan fingerprint density at radius 1 is 1.17 bits per heavy atom. The molecule has 2 aliphatic rings. The summed E-state index contributed by atoms with van der Waals surface area (Å²) in [6.07, 6.45) is 0.297. The van der Waals surface area contributed by atoms with E-state index in [1.807, 2.05) is 49.4 Å². The Bertz CT molecular complexity index is 1060. The fourth-order valence-corrected chi connectivity index (χ4v) is 5.16. The zero-order valence-corrected chi connectivity index (χ0v) is 18.0. The fraction of sp³-hybridized carbons (Fsp3) is 0.304. The molecule has 0 aromatic heterocycles. The van der Waals surface area contributed by atoms with Crippen LogP contribution in [0.25, 0.3) is 0 Å². The van der Waals surface area contributed by atoms with Crippen molar-refractivity contribution in [2.75, 3.05) is 31.7 Å². The molecule has 0 saturated carbocycles. The second-order valence-electron chi connectivity index (χ2n) is 7.26. The highest BCUT2D eigenvalue weighted by molar-refractivity contribution is 8.03. The number of fused-ring (bicyclic) bond motifs is 1. The van der Waals surface area contributed by atoms with Crippen molar-refractivity contribution in [3.8, 4) is 17.6 Å². The SMILES string of the molecule is COc1ccc(N2CSC3=C(C#N)[C@@H](c4ccccc4C)CC(=O)N3C2)c(OC)c1. The van der Waals surface area contributed by atoms with Gasteiger partial charge in [-0.3, -0.25) is 9.69 Å². The quantitative estimate of drug-likeness (QED) is 0.736. The van der Waals surface area contributed by atoms with Crippen molar-refractivity contribution >= 4 is 23.4 Å². The van der Waals surface area contributed by atoms with E-state index < -0.39 is 0 Å². The molecule has 2 aromatic carbocycles. The lowest BCUT2D eigenvalue weighted by atomic mass is 9.84. The zero-order chi connectivity index (χ0) is 21.3. The summed E-state index contributed by atoms with van der Waals surface area (Å²) in [5, 5.41) is 10.7. The predicted molar refractivity (Wildman–Crippen MR) is 117 cm³/mol. The lowest BCUT2D eigenvalue weighted by Gasteiger charge is -2.42. The molecule has 0 radical (unpaired) electrons. The van der Waals surface area contributed by atoms with Crippen LogP contribution in [0, 0.1) is 18.3 Å². The Morgan fingerprint density at radius 2 is 1.97 bits per heavy atom. The number of hydrogen-bond donors (Lipinski definition) is 0. The number of nitriles is 1. The highest BCUT2D eigenvalue weighted by atomic mass is 32.2. The highest BCUT2D eigenvalue weighted by Gasteiger charge is 2.39. The molecule has 1 saturated heterocycles. The first-order chi connectivity index (χ1) is 14.6. The Hall–Kier alpha value is -3.11. The number of carbonyl (C=O) groups excluding carboxylic acids is 1. The van der Waals surface area contributed by atoms with Gasteiger partial charge in [0.05, 0.1) is 49.1 Å². The minimum Gasteiger partial charge on any atom is -0.497 e. The van der Waals surface area contributed by atoms with E-state index in [1.165, 1.54) is 11.8 Å². The molecule has 2 aromatic rings. The molecule has 6 nitrogen and oxygen atoms in total. The molecule has 2 heterocycles. The van der Waals surface area contributed by atoms with Gasteiger partial charge in [-0.05, 0) is 30.2 Å². The van der Waals surface area contributed by atoms with Gasteiger partial charge in [0.15, 0.2) is 0 Å². The number of thioether (sulfide) groups is 1. The molecule has 30 heavy (non-hydrogen) atoms. The summed E-state index contributed by atoms with van der Waals surface area (Å²) in [6, 6.07) is 16.0. The van der Waals surface area contributed by atoms with E-state index in [2.05, 4.69) is 11.0 Å². The highest BCUT2D eigenvalue weighted by Crippen LogP contribution is 2.45. The largest absolute Gasteiger partial charge is 0.497 e. The predicted octanol–water partition coefficient (Wildman–Crippen LogP) is 4.23. The first-order valence-corrected chi connectivity index (χ1v) is 10.7. The standard InChI is InChI=1S/C23H23N3O3S/c1-15-6-4-5-7-17(15)18-11-22(27)26-13-25(14-30-23(26)19(18)12-24)20-9-8-16(28-2)10-21(20)29-3/h4-10,18H,11,13-14H2,1-3H3/t18-/m1/s1. The van der Waals surface area contributed by atoms with Crippen molar-refractivity contribution in [2.45, 2.75) is 19.3 Å². The third-order valence-electron chi connectivity index (χ3n) is 5.58. The molecule has 4 rings (SSSR count). The Labute approximate surface area is 180 Å². The summed E-state index contributed by atoms with van der Waals surface area (Å²) < 4.78 is 10.8. The van der Waals surface area contributed by atoms with Crippen LogP contribution in [0.3, 0.4) is 0 Å². The van der Waals surface area contributed by atoms with Crippen LogP contribution in [0.15, 0.2) is 53.1 Å². The van der Waals surface area contributed by atoms with Gasteiger partial charge in [0.2, 0.25) is 5.91 Å². The second kappa shape index (κ2) is 8.33. The summed E-state index contributed by atoms with van der Waals surface area (Å²) in [4.78, 5) is 16.9. The number of rotatable bonds is 4. The molecule has 1 fully saturated rings. The van der Waals surface area contributed by atoms with Crippen molar-refractivity contribution < 1.29 is 14.3 Å². The molecule has 0 N–H and O–H groups in total. The molecule has 0 unspecified atom stereocenters. The summed E-state index contributed by atoms with van der Waals surface area (Å²) in [7, 11) is 3.23. The molecule has 1 atom stereocenters. The number of nitrogens with zero attached hydrogens (tertiary/aromatic N) is 3.